The average molecular weight is 383 g/mol. The smallest absolute Gasteiger partial charge is 0.273 e. The molecule has 0 bridgehead atoms. The molecule has 0 radical (unpaired) electrons. The van der Waals surface area contributed by atoms with Gasteiger partial charge < -0.3 is 4.74 Å². The lowest BCUT2D eigenvalue weighted by atomic mass is 10.2. The van der Waals surface area contributed by atoms with E-state index in [-0.39, 0.29) is 5.11 Å². The van der Waals surface area contributed by atoms with Gasteiger partial charge in [-0.2, -0.15) is 0 Å². The summed E-state index contributed by atoms with van der Waals surface area (Å²) >= 11 is 5.01. The van der Waals surface area contributed by atoms with Gasteiger partial charge in [0.25, 0.3) is 5.91 Å². The lowest BCUT2D eigenvalue weighted by molar-refractivity contribution is -0.115. The van der Waals surface area contributed by atoms with Crippen molar-refractivity contribution in [2.45, 2.75) is 13.3 Å². The maximum Gasteiger partial charge on any atom is 0.273 e. The molecule has 0 aliphatic heterocycles. The molecular weight excluding hydrogens is 362 g/mol. The number of carbonyl (C=O) groups excluding carboxylic acids is 2. The molecule has 2 amide bonds. The largest absolute Gasteiger partial charge is 0.493 e. The number of amides is 2. The normalized spacial score (nSPS) is 10.3. The van der Waals surface area contributed by atoms with Crippen molar-refractivity contribution in [1.29, 1.82) is 0 Å². The Morgan fingerprint density at radius 2 is 1.74 bits per heavy atom. The summed E-state index contributed by atoms with van der Waals surface area (Å²) < 4.78 is 5.55. The van der Waals surface area contributed by atoms with Gasteiger partial charge in [0.15, 0.2) is 5.11 Å². The average Bonchev–Trinajstić information content (AvgIpc) is 2.70. The van der Waals surface area contributed by atoms with E-state index >= 15 is 0 Å². The third kappa shape index (κ3) is 6.91. The highest BCUT2D eigenvalue weighted by Crippen LogP contribution is 2.17. The second-order valence-corrected chi connectivity index (χ2v) is 5.89. The highest BCUT2D eigenvalue weighted by Gasteiger charge is 2.12. The van der Waals surface area contributed by atoms with Crippen LogP contribution in [0.5, 0.6) is 5.75 Å². The van der Waals surface area contributed by atoms with Gasteiger partial charge in [-0.25, -0.2) is 0 Å². The molecule has 0 fully saturated rings. The minimum Gasteiger partial charge on any atom is -0.493 e. The SMILES string of the molecule is CCCOc1ccccc1C(=O)NNC(=S)NC(=O)C=Cc1ccccc1. The molecule has 7 heteroatoms. The van der Waals surface area contributed by atoms with E-state index in [4.69, 9.17) is 17.0 Å². The van der Waals surface area contributed by atoms with Crippen molar-refractivity contribution in [2.75, 3.05) is 6.61 Å². The summed E-state index contributed by atoms with van der Waals surface area (Å²) in [6, 6.07) is 16.3. The highest BCUT2D eigenvalue weighted by atomic mass is 32.1. The monoisotopic (exact) mass is 383 g/mol. The van der Waals surface area contributed by atoms with Crippen LogP contribution in [0.15, 0.2) is 60.7 Å². The molecule has 3 N–H and O–H groups in total. The van der Waals surface area contributed by atoms with Gasteiger partial charge in [0, 0.05) is 6.08 Å². The molecule has 0 saturated carbocycles. The van der Waals surface area contributed by atoms with Crippen LogP contribution < -0.4 is 20.9 Å². The van der Waals surface area contributed by atoms with Crippen LogP contribution in [0.1, 0.15) is 29.3 Å². The molecule has 27 heavy (non-hydrogen) atoms. The minimum atomic E-state index is -0.418. The van der Waals surface area contributed by atoms with E-state index in [9.17, 15) is 9.59 Å². The number of benzene rings is 2. The van der Waals surface area contributed by atoms with E-state index in [1.54, 1.807) is 30.3 Å². The first-order valence-electron chi connectivity index (χ1n) is 8.46. The lowest BCUT2D eigenvalue weighted by Crippen LogP contribution is -2.48. The Balaban J connectivity index is 1.84. The minimum absolute atomic E-state index is 0.0157. The quantitative estimate of drug-likeness (QED) is 0.406. The van der Waals surface area contributed by atoms with Crippen LogP contribution >= 0.6 is 12.2 Å². The van der Waals surface area contributed by atoms with Crippen LogP contribution in [0.2, 0.25) is 0 Å². The van der Waals surface area contributed by atoms with Crippen LogP contribution in [0.4, 0.5) is 0 Å². The number of nitrogens with one attached hydrogen (secondary N) is 3. The molecule has 0 aliphatic carbocycles. The third-order valence-electron chi connectivity index (χ3n) is 3.35. The van der Waals surface area contributed by atoms with Crippen molar-refractivity contribution in [3.8, 4) is 5.75 Å². The van der Waals surface area contributed by atoms with Crippen molar-refractivity contribution in [3.63, 3.8) is 0 Å². The summed E-state index contributed by atoms with van der Waals surface area (Å²) in [4.78, 5) is 24.1. The summed E-state index contributed by atoms with van der Waals surface area (Å²) in [7, 11) is 0. The fraction of sp³-hybridized carbons (Fsp3) is 0.150. The molecule has 0 aliphatic rings. The number of rotatable bonds is 6. The summed E-state index contributed by atoms with van der Waals surface area (Å²) in [6.07, 6.45) is 3.86. The zero-order chi connectivity index (χ0) is 19.5. The Hall–Kier alpha value is -3.19. The van der Waals surface area contributed by atoms with Gasteiger partial charge in [0.05, 0.1) is 12.2 Å². The van der Waals surface area contributed by atoms with Gasteiger partial charge in [-0.15, -0.1) is 0 Å². The fourth-order valence-electron chi connectivity index (χ4n) is 2.09. The number of thiocarbonyl (C=S) groups is 1. The number of hydrazine groups is 1. The first-order chi connectivity index (χ1) is 13.1. The second-order valence-electron chi connectivity index (χ2n) is 5.49. The van der Waals surface area contributed by atoms with Gasteiger partial charge in [0.1, 0.15) is 5.75 Å². The van der Waals surface area contributed by atoms with Crippen LogP contribution in [-0.2, 0) is 4.79 Å². The predicted molar refractivity (Wildman–Crippen MR) is 109 cm³/mol. The molecule has 0 atom stereocenters. The van der Waals surface area contributed by atoms with Gasteiger partial charge in [0.2, 0.25) is 5.91 Å². The molecule has 0 aromatic heterocycles. The number of ether oxygens (including phenoxy) is 1. The Bertz CT molecular complexity index is 822. The van der Waals surface area contributed by atoms with Gasteiger partial charge >= 0.3 is 0 Å². The van der Waals surface area contributed by atoms with Crippen molar-refractivity contribution in [1.82, 2.24) is 16.2 Å². The van der Waals surface area contributed by atoms with Crippen LogP contribution in [0.25, 0.3) is 6.08 Å². The number of carbonyl (C=O) groups is 2. The molecule has 2 aromatic rings. The molecule has 2 rings (SSSR count). The second kappa shape index (κ2) is 10.7. The van der Waals surface area contributed by atoms with E-state index in [1.165, 1.54) is 6.08 Å². The van der Waals surface area contributed by atoms with E-state index in [1.807, 2.05) is 37.3 Å². The fourth-order valence-corrected chi connectivity index (χ4v) is 2.25. The zero-order valence-corrected chi connectivity index (χ0v) is 15.7. The van der Waals surface area contributed by atoms with Crippen molar-refractivity contribution >= 4 is 35.2 Å². The maximum atomic E-state index is 12.3. The molecule has 6 nitrogen and oxygen atoms in total. The predicted octanol–water partition coefficient (Wildman–Crippen LogP) is 2.82. The number of para-hydroxylation sites is 1. The highest BCUT2D eigenvalue weighted by molar-refractivity contribution is 7.80. The third-order valence-corrected chi connectivity index (χ3v) is 3.55. The number of hydrogen-bond acceptors (Lipinski definition) is 4. The Kier molecular flexibility index (Phi) is 7.99. The van der Waals surface area contributed by atoms with Crippen molar-refractivity contribution in [2.24, 2.45) is 0 Å². The van der Waals surface area contributed by atoms with Crippen molar-refractivity contribution in [3.05, 3.63) is 71.8 Å². The molecule has 0 spiro atoms. The molecule has 0 saturated heterocycles. The van der Waals surface area contributed by atoms with E-state index in [0.29, 0.717) is 17.9 Å². The van der Waals surface area contributed by atoms with Gasteiger partial charge in [-0.3, -0.25) is 25.8 Å². The standard InChI is InChI=1S/C20H21N3O3S/c1-2-14-26-17-11-7-6-10-16(17)19(25)22-23-20(27)21-18(24)13-12-15-8-4-3-5-9-15/h3-13H,2,14H2,1H3,(H,22,25)(H2,21,23,24,27). The summed E-state index contributed by atoms with van der Waals surface area (Å²) in [6.45, 7) is 2.50. The Labute approximate surface area is 163 Å². The summed E-state index contributed by atoms with van der Waals surface area (Å²) in [5, 5.41) is 2.44. The van der Waals surface area contributed by atoms with Gasteiger partial charge in [-0.05, 0) is 42.4 Å². The van der Waals surface area contributed by atoms with Crippen molar-refractivity contribution < 1.29 is 14.3 Å². The Morgan fingerprint density at radius 1 is 1.04 bits per heavy atom. The maximum absolute atomic E-state index is 12.3. The molecule has 140 valence electrons. The van der Waals surface area contributed by atoms with Gasteiger partial charge in [-0.1, -0.05) is 49.4 Å². The Morgan fingerprint density at radius 3 is 2.48 bits per heavy atom. The van der Waals surface area contributed by atoms with Crippen LogP contribution in [-0.4, -0.2) is 23.5 Å². The van der Waals surface area contributed by atoms with E-state index in [0.717, 1.165) is 12.0 Å². The van der Waals surface area contributed by atoms with E-state index in [2.05, 4.69) is 16.2 Å². The molecule has 2 aromatic carbocycles. The van der Waals surface area contributed by atoms with E-state index < -0.39 is 11.8 Å². The molecule has 0 heterocycles. The summed E-state index contributed by atoms with van der Waals surface area (Å²) in [5.41, 5.74) is 6.21. The zero-order valence-electron chi connectivity index (χ0n) is 14.9. The van der Waals surface area contributed by atoms with Crippen LogP contribution in [0.3, 0.4) is 0 Å². The molecular formula is C20H21N3O3S. The first kappa shape index (κ1) is 20.1. The topological polar surface area (TPSA) is 79.5 Å². The van der Waals surface area contributed by atoms with Crippen LogP contribution in [0, 0.1) is 0 Å². The summed E-state index contributed by atoms with van der Waals surface area (Å²) in [5.74, 6) is -0.338. The molecule has 0 unspecified atom stereocenters. The lowest BCUT2D eigenvalue weighted by Gasteiger charge is -2.12. The first-order valence-corrected chi connectivity index (χ1v) is 8.87. The number of hydrogen-bond donors (Lipinski definition) is 3.